The molecule has 3 aromatic rings. The molecule has 0 fully saturated rings. The van der Waals surface area contributed by atoms with E-state index in [2.05, 4.69) is 15.1 Å². The van der Waals surface area contributed by atoms with Crippen LogP contribution in [0.4, 0.5) is 0 Å². The predicted molar refractivity (Wildman–Crippen MR) is 100 cm³/mol. The van der Waals surface area contributed by atoms with Gasteiger partial charge in [0.05, 0.1) is 22.8 Å². The number of hydrogen-bond donors (Lipinski definition) is 2. The summed E-state index contributed by atoms with van der Waals surface area (Å²) < 4.78 is 30.6. The van der Waals surface area contributed by atoms with Crippen LogP contribution >= 0.6 is 0 Å². The molecule has 2 aromatic heterocycles. The second-order valence-electron chi connectivity index (χ2n) is 6.06. The van der Waals surface area contributed by atoms with Gasteiger partial charge in [-0.3, -0.25) is 4.79 Å². The highest BCUT2D eigenvalue weighted by Gasteiger charge is 2.19. The smallest absolute Gasteiger partial charge is 0.277 e. The minimum Gasteiger partial charge on any atom is -0.493 e. The van der Waals surface area contributed by atoms with Crippen molar-refractivity contribution in [1.29, 1.82) is 0 Å². The van der Waals surface area contributed by atoms with Crippen molar-refractivity contribution in [3.63, 3.8) is 0 Å². The number of benzene rings is 1. The molecule has 1 aromatic carbocycles. The summed E-state index contributed by atoms with van der Waals surface area (Å²) in [5.74, 6) is 1.23. The number of nitrogens with one attached hydrogen (secondary N) is 1. The standard InChI is InChI=1S/C17H21N5O4S/c1-4-6-14-19-10(3)15-17(23)20-16(21-22(14)15)12-9-11(27(18,24)25)7-8-13(12)26-5-2/h7-9H,4-6H2,1-3H3,(H2,18,24,25)(H,20,21,23). The van der Waals surface area contributed by atoms with Crippen LogP contribution in [0, 0.1) is 6.92 Å². The monoisotopic (exact) mass is 391 g/mol. The zero-order chi connectivity index (χ0) is 19.8. The molecule has 2 heterocycles. The minimum absolute atomic E-state index is 0.0979. The number of aromatic nitrogens is 4. The van der Waals surface area contributed by atoms with E-state index in [1.165, 1.54) is 22.7 Å². The number of nitrogens with zero attached hydrogens (tertiary/aromatic N) is 3. The second-order valence-corrected chi connectivity index (χ2v) is 7.62. The van der Waals surface area contributed by atoms with Crippen molar-refractivity contribution in [1.82, 2.24) is 19.6 Å². The molecular weight excluding hydrogens is 370 g/mol. The molecule has 0 spiro atoms. The first-order valence-corrected chi connectivity index (χ1v) is 10.1. The molecule has 0 radical (unpaired) electrons. The van der Waals surface area contributed by atoms with Crippen LogP contribution in [-0.4, -0.2) is 34.6 Å². The maximum atomic E-state index is 12.6. The third-order valence-corrected chi connectivity index (χ3v) is 4.96. The second kappa shape index (κ2) is 7.12. The van der Waals surface area contributed by atoms with Gasteiger partial charge in [-0.05, 0) is 38.5 Å². The highest BCUT2D eigenvalue weighted by Crippen LogP contribution is 2.30. The van der Waals surface area contributed by atoms with Crippen molar-refractivity contribution >= 4 is 15.5 Å². The third-order valence-electron chi connectivity index (χ3n) is 4.05. The average Bonchev–Trinajstić information content (AvgIpc) is 2.91. The number of H-pyrrole nitrogens is 1. The van der Waals surface area contributed by atoms with Gasteiger partial charge in [-0.15, -0.1) is 5.10 Å². The molecule has 0 atom stereocenters. The number of sulfonamides is 1. The first kappa shape index (κ1) is 19.1. The molecule has 10 heteroatoms. The van der Waals surface area contributed by atoms with Gasteiger partial charge in [-0.2, -0.15) is 0 Å². The van der Waals surface area contributed by atoms with Crippen LogP contribution in [0.5, 0.6) is 5.75 Å². The maximum absolute atomic E-state index is 12.6. The molecule has 0 unspecified atom stereocenters. The molecule has 3 rings (SSSR count). The van der Waals surface area contributed by atoms with E-state index in [0.29, 0.717) is 41.4 Å². The van der Waals surface area contributed by atoms with Crippen LogP contribution in [0.15, 0.2) is 27.9 Å². The van der Waals surface area contributed by atoms with Gasteiger partial charge in [0.1, 0.15) is 11.6 Å². The van der Waals surface area contributed by atoms with Gasteiger partial charge in [0.15, 0.2) is 11.3 Å². The Morgan fingerprint density at radius 1 is 1.30 bits per heavy atom. The van der Waals surface area contributed by atoms with Crippen molar-refractivity contribution in [3.8, 4) is 17.1 Å². The summed E-state index contributed by atoms with van der Waals surface area (Å²) >= 11 is 0. The number of aryl methyl sites for hydroxylation is 2. The van der Waals surface area contributed by atoms with Gasteiger partial charge in [-0.25, -0.2) is 23.1 Å². The van der Waals surface area contributed by atoms with E-state index >= 15 is 0 Å². The molecule has 27 heavy (non-hydrogen) atoms. The molecule has 3 N–H and O–H groups in total. The molecule has 0 amide bonds. The first-order valence-electron chi connectivity index (χ1n) is 8.54. The quantitative estimate of drug-likeness (QED) is 0.652. The minimum atomic E-state index is -3.92. The molecule has 0 aliphatic carbocycles. The Hall–Kier alpha value is -2.72. The van der Waals surface area contributed by atoms with Gasteiger partial charge < -0.3 is 9.72 Å². The van der Waals surface area contributed by atoms with Crippen LogP contribution in [0.25, 0.3) is 16.9 Å². The number of aromatic amines is 1. The van der Waals surface area contributed by atoms with E-state index in [1.54, 1.807) is 13.8 Å². The summed E-state index contributed by atoms with van der Waals surface area (Å²) in [7, 11) is -3.92. The van der Waals surface area contributed by atoms with Crippen molar-refractivity contribution in [2.75, 3.05) is 6.61 Å². The Balaban J connectivity index is 2.31. The fourth-order valence-corrected chi connectivity index (χ4v) is 3.44. The average molecular weight is 391 g/mol. The van der Waals surface area contributed by atoms with E-state index in [4.69, 9.17) is 9.88 Å². The van der Waals surface area contributed by atoms with E-state index in [-0.39, 0.29) is 16.3 Å². The maximum Gasteiger partial charge on any atom is 0.277 e. The zero-order valence-electron chi connectivity index (χ0n) is 15.3. The molecule has 0 aliphatic heterocycles. The predicted octanol–water partition coefficient (Wildman–Crippen LogP) is 1.39. The number of nitrogens with two attached hydrogens (primary N) is 1. The fraction of sp³-hybridized carbons (Fsp3) is 0.353. The van der Waals surface area contributed by atoms with Gasteiger partial charge in [0.2, 0.25) is 10.0 Å². The van der Waals surface area contributed by atoms with Crippen LogP contribution in [0.3, 0.4) is 0 Å². The largest absolute Gasteiger partial charge is 0.493 e. The summed E-state index contributed by atoms with van der Waals surface area (Å²) in [6.07, 6.45) is 1.49. The summed E-state index contributed by atoms with van der Waals surface area (Å²) in [6.45, 7) is 5.92. The first-order chi connectivity index (χ1) is 12.8. The Morgan fingerprint density at radius 2 is 2.04 bits per heavy atom. The number of fused-ring (bicyclic) bond motifs is 1. The summed E-state index contributed by atoms with van der Waals surface area (Å²) in [5.41, 5.74) is 0.914. The lowest BCUT2D eigenvalue weighted by molar-refractivity contribution is 0.341. The van der Waals surface area contributed by atoms with Crippen molar-refractivity contribution in [2.24, 2.45) is 5.14 Å². The number of primary sulfonamides is 1. The normalized spacial score (nSPS) is 11.9. The number of rotatable bonds is 6. The Kier molecular flexibility index (Phi) is 5.03. The molecular formula is C17H21N5O4S. The third kappa shape index (κ3) is 3.58. The Morgan fingerprint density at radius 3 is 2.67 bits per heavy atom. The SMILES string of the molecule is CCCc1nc(C)c2c(=O)[nH]c(-c3cc(S(N)(=O)=O)ccc3OCC)nn12. The highest BCUT2D eigenvalue weighted by molar-refractivity contribution is 7.89. The van der Waals surface area contributed by atoms with Gasteiger partial charge in [0.25, 0.3) is 5.56 Å². The van der Waals surface area contributed by atoms with Crippen LogP contribution in [0.1, 0.15) is 31.8 Å². The number of imidazole rings is 1. The topological polar surface area (TPSA) is 132 Å². The molecule has 144 valence electrons. The van der Waals surface area contributed by atoms with Crippen molar-refractivity contribution in [3.05, 3.63) is 40.1 Å². The number of hydrogen-bond acceptors (Lipinski definition) is 6. The number of ether oxygens (including phenoxy) is 1. The van der Waals surface area contributed by atoms with Gasteiger partial charge in [-0.1, -0.05) is 6.92 Å². The van der Waals surface area contributed by atoms with Crippen molar-refractivity contribution < 1.29 is 13.2 Å². The van der Waals surface area contributed by atoms with Crippen molar-refractivity contribution in [2.45, 2.75) is 38.5 Å². The molecule has 0 bridgehead atoms. The summed E-state index contributed by atoms with van der Waals surface area (Å²) in [4.78, 5) is 19.6. The van der Waals surface area contributed by atoms with Gasteiger partial charge in [0, 0.05) is 6.42 Å². The lowest BCUT2D eigenvalue weighted by Gasteiger charge is -2.11. The molecule has 9 nitrogen and oxygen atoms in total. The van der Waals surface area contributed by atoms with E-state index < -0.39 is 10.0 Å². The summed E-state index contributed by atoms with van der Waals surface area (Å²) in [6, 6.07) is 4.19. The van der Waals surface area contributed by atoms with Gasteiger partial charge >= 0.3 is 0 Å². The lowest BCUT2D eigenvalue weighted by atomic mass is 10.2. The van der Waals surface area contributed by atoms with E-state index in [0.717, 1.165) is 6.42 Å². The van der Waals surface area contributed by atoms with E-state index in [9.17, 15) is 13.2 Å². The fourth-order valence-electron chi connectivity index (χ4n) is 2.90. The highest BCUT2D eigenvalue weighted by atomic mass is 32.2. The zero-order valence-corrected chi connectivity index (χ0v) is 16.1. The Bertz CT molecular complexity index is 1160. The van der Waals surface area contributed by atoms with E-state index in [1.807, 2.05) is 6.92 Å². The van der Waals surface area contributed by atoms with Crippen LogP contribution < -0.4 is 15.4 Å². The van der Waals surface area contributed by atoms with Crippen LogP contribution in [0.2, 0.25) is 0 Å². The molecule has 0 saturated carbocycles. The summed E-state index contributed by atoms with van der Waals surface area (Å²) in [5, 5.41) is 9.73. The Labute approximate surface area is 156 Å². The molecule has 0 saturated heterocycles. The lowest BCUT2D eigenvalue weighted by Crippen LogP contribution is -2.16. The molecule has 0 aliphatic rings. The van der Waals surface area contributed by atoms with Crippen LogP contribution in [-0.2, 0) is 16.4 Å².